The third-order valence-electron chi connectivity index (χ3n) is 4.42. The standard InChI is InChI=1S/C19H22BrN3O3S/c1-26-19(25)18-15(22-23-10-3-2-4-16(18)23)12-21-17(24)9-11-27-14-7-5-13(20)6-8-14/h5-8H,2-4,9-12H2,1H3,(H,21,24). The molecule has 6 nitrogen and oxygen atoms in total. The van der Waals surface area contributed by atoms with E-state index in [1.54, 1.807) is 11.8 Å². The van der Waals surface area contributed by atoms with E-state index in [-0.39, 0.29) is 18.4 Å². The molecule has 0 aliphatic carbocycles. The van der Waals surface area contributed by atoms with E-state index in [4.69, 9.17) is 4.74 Å². The van der Waals surface area contributed by atoms with Crippen LogP contribution < -0.4 is 5.32 Å². The molecule has 0 atom stereocenters. The second-order valence-corrected chi connectivity index (χ2v) is 8.35. The molecular weight excluding hydrogens is 430 g/mol. The van der Waals surface area contributed by atoms with E-state index in [0.29, 0.717) is 23.4 Å². The Morgan fingerprint density at radius 1 is 1.30 bits per heavy atom. The Hall–Kier alpha value is -1.80. The Morgan fingerprint density at radius 3 is 2.81 bits per heavy atom. The number of ether oxygens (including phenoxy) is 1. The number of amides is 1. The van der Waals surface area contributed by atoms with Crippen molar-refractivity contribution in [1.82, 2.24) is 15.1 Å². The van der Waals surface area contributed by atoms with Crippen molar-refractivity contribution < 1.29 is 14.3 Å². The molecule has 2 heterocycles. The Bertz CT molecular complexity index is 820. The van der Waals surface area contributed by atoms with Crippen LogP contribution in [0, 0.1) is 0 Å². The van der Waals surface area contributed by atoms with Gasteiger partial charge in [-0.1, -0.05) is 15.9 Å². The molecule has 0 fully saturated rings. The summed E-state index contributed by atoms with van der Waals surface area (Å²) in [5.74, 6) is 0.256. The third-order valence-corrected chi connectivity index (χ3v) is 5.96. The van der Waals surface area contributed by atoms with Gasteiger partial charge < -0.3 is 10.1 Å². The largest absolute Gasteiger partial charge is 0.465 e. The highest BCUT2D eigenvalue weighted by molar-refractivity contribution is 9.10. The maximum absolute atomic E-state index is 12.2. The van der Waals surface area contributed by atoms with Gasteiger partial charge in [-0.25, -0.2) is 4.79 Å². The van der Waals surface area contributed by atoms with Gasteiger partial charge in [0.1, 0.15) is 5.56 Å². The summed E-state index contributed by atoms with van der Waals surface area (Å²) in [7, 11) is 1.37. The lowest BCUT2D eigenvalue weighted by molar-refractivity contribution is -0.120. The van der Waals surface area contributed by atoms with Gasteiger partial charge in [-0.3, -0.25) is 9.48 Å². The molecule has 0 unspecified atom stereocenters. The van der Waals surface area contributed by atoms with E-state index in [1.165, 1.54) is 7.11 Å². The Balaban J connectivity index is 1.54. The second kappa shape index (κ2) is 9.41. The number of nitrogens with zero attached hydrogens (tertiary/aromatic N) is 2. The summed E-state index contributed by atoms with van der Waals surface area (Å²) in [4.78, 5) is 25.5. The normalized spacial score (nSPS) is 13.1. The van der Waals surface area contributed by atoms with E-state index >= 15 is 0 Å². The number of aryl methyl sites for hydroxylation is 1. The van der Waals surface area contributed by atoms with Crippen molar-refractivity contribution >= 4 is 39.6 Å². The fourth-order valence-electron chi connectivity index (χ4n) is 3.07. The zero-order chi connectivity index (χ0) is 19.2. The van der Waals surface area contributed by atoms with Crippen molar-refractivity contribution in [3.8, 4) is 0 Å². The van der Waals surface area contributed by atoms with E-state index in [0.717, 1.165) is 40.9 Å². The highest BCUT2D eigenvalue weighted by Gasteiger charge is 2.26. The number of fused-ring (bicyclic) bond motifs is 1. The number of nitrogens with one attached hydrogen (secondary N) is 1. The number of halogens is 1. The first-order valence-corrected chi connectivity index (χ1v) is 10.7. The molecule has 27 heavy (non-hydrogen) atoms. The molecule has 1 aromatic carbocycles. The number of aromatic nitrogens is 2. The topological polar surface area (TPSA) is 73.2 Å². The quantitative estimate of drug-likeness (QED) is 0.514. The number of esters is 1. The first-order valence-electron chi connectivity index (χ1n) is 8.90. The lowest BCUT2D eigenvalue weighted by Crippen LogP contribution is -2.24. The van der Waals surface area contributed by atoms with Crippen molar-refractivity contribution in [3.05, 3.63) is 45.7 Å². The zero-order valence-corrected chi connectivity index (χ0v) is 17.6. The van der Waals surface area contributed by atoms with Crippen LogP contribution in [-0.2, 0) is 29.0 Å². The summed E-state index contributed by atoms with van der Waals surface area (Å²) < 4.78 is 7.83. The number of carbonyl (C=O) groups is 2. The maximum Gasteiger partial charge on any atom is 0.341 e. The van der Waals surface area contributed by atoms with Crippen molar-refractivity contribution in [2.24, 2.45) is 0 Å². The first kappa shape index (κ1) is 19.9. The average molecular weight is 452 g/mol. The van der Waals surface area contributed by atoms with Crippen molar-refractivity contribution in [3.63, 3.8) is 0 Å². The van der Waals surface area contributed by atoms with Crippen LogP contribution in [0.3, 0.4) is 0 Å². The van der Waals surface area contributed by atoms with Crippen LogP contribution in [0.2, 0.25) is 0 Å². The number of carbonyl (C=O) groups excluding carboxylic acids is 2. The average Bonchev–Trinajstić information content (AvgIpc) is 3.06. The van der Waals surface area contributed by atoms with Crippen LogP contribution in [0.15, 0.2) is 33.6 Å². The van der Waals surface area contributed by atoms with Gasteiger partial charge in [0.25, 0.3) is 0 Å². The first-order chi connectivity index (χ1) is 13.1. The van der Waals surface area contributed by atoms with Crippen LogP contribution in [0.25, 0.3) is 0 Å². The lowest BCUT2D eigenvalue weighted by atomic mass is 10.0. The van der Waals surface area contributed by atoms with Crippen molar-refractivity contribution in [2.45, 2.75) is 43.7 Å². The molecule has 0 radical (unpaired) electrons. The van der Waals surface area contributed by atoms with Crippen LogP contribution in [0.1, 0.15) is 41.0 Å². The van der Waals surface area contributed by atoms with E-state index < -0.39 is 0 Å². The molecule has 0 saturated carbocycles. The number of thioether (sulfide) groups is 1. The monoisotopic (exact) mass is 451 g/mol. The zero-order valence-electron chi connectivity index (χ0n) is 15.2. The Morgan fingerprint density at radius 2 is 2.07 bits per heavy atom. The molecule has 0 spiro atoms. The molecule has 2 aromatic rings. The molecule has 0 bridgehead atoms. The number of benzene rings is 1. The third kappa shape index (κ3) is 5.13. The molecule has 1 N–H and O–H groups in total. The smallest absolute Gasteiger partial charge is 0.341 e. The molecule has 0 saturated heterocycles. The van der Waals surface area contributed by atoms with E-state index in [9.17, 15) is 9.59 Å². The Kier molecular flexibility index (Phi) is 6.95. The van der Waals surface area contributed by atoms with Gasteiger partial charge >= 0.3 is 5.97 Å². The van der Waals surface area contributed by atoms with Crippen LogP contribution in [-0.4, -0.2) is 34.5 Å². The molecular formula is C19H22BrN3O3S. The molecule has 3 rings (SSSR count). The summed E-state index contributed by atoms with van der Waals surface area (Å²) >= 11 is 5.05. The number of hydrogen-bond donors (Lipinski definition) is 1. The minimum absolute atomic E-state index is 0.0543. The van der Waals surface area contributed by atoms with Gasteiger partial charge in [-0.15, -0.1) is 11.8 Å². The molecule has 1 aliphatic rings. The van der Waals surface area contributed by atoms with Gasteiger partial charge in [0, 0.05) is 28.1 Å². The summed E-state index contributed by atoms with van der Waals surface area (Å²) in [6, 6.07) is 8.00. The van der Waals surface area contributed by atoms with Gasteiger partial charge in [0.15, 0.2) is 0 Å². The fraction of sp³-hybridized carbons (Fsp3) is 0.421. The Labute approximate surface area is 171 Å². The highest BCUT2D eigenvalue weighted by Crippen LogP contribution is 2.23. The van der Waals surface area contributed by atoms with Crippen LogP contribution in [0.4, 0.5) is 0 Å². The second-order valence-electron chi connectivity index (χ2n) is 6.27. The molecule has 1 aliphatic heterocycles. The van der Waals surface area contributed by atoms with Gasteiger partial charge in [0.05, 0.1) is 25.0 Å². The number of hydrogen-bond acceptors (Lipinski definition) is 5. The van der Waals surface area contributed by atoms with E-state index in [1.807, 2.05) is 28.9 Å². The summed E-state index contributed by atoms with van der Waals surface area (Å²) in [6.45, 7) is 1.04. The molecule has 1 amide bonds. The molecule has 144 valence electrons. The minimum atomic E-state index is -0.381. The number of methoxy groups -OCH3 is 1. The predicted octanol–water partition coefficient (Wildman–Crippen LogP) is 3.57. The SMILES string of the molecule is COC(=O)c1c(CNC(=O)CCSc2ccc(Br)cc2)nn2c1CCCC2. The summed E-state index contributed by atoms with van der Waals surface area (Å²) in [5, 5.41) is 7.40. The van der Waals surface area contributed by atoms with Crippen LogP contribution >= 0.6 is 27.7 Å². The maximum atomic E-state index is 12.2. The molecule has 8 heteroatoms. The minimum Gasteiger partial charge on any atom is -0.465 e. The summed E-state index contributed by atoms with van der Waals surface area (Å²) in [5.41, 5.74) is 2.03. The predicted molar refractivity (Wildman–Crippen MR) is 108 cm³/mol. The van der Waals surface area contributed by atoms with Gasteiger partial charge in [0.2, 0.25) is 5.91 Å². The summed E-state index contributed by atoms with van der Waals surface area (Å²) in [6.07, 6.45) is 3.31. The van der Waals surface area contributed by atoms with Crippen molar-refractivity contribution in [2.75, 3.05) is 12.9 Å². The van der Waals surface area contributed by atoms with E-state index in [2.05, 4.69) is 26.3 Å². The van der Waals surface area contributed by atoms with Gasteiger partial charge in [-0.2, -0.15) is 5.10 Å². The van der Waals surface area contributed by atoms with Crippen molar-refractivity contribution in [1.29, 1.82) is 0 Å². The van der Waals surface area contributed by atoms with Crippen LogP contribution in [0.5, 0.6) is 0 Å². The highest BCUT2D eigenvalue weighted by atomic mass is 79.9. The lowest BCUT2D eigenvalue weighted by Gasteiger charge is -2.13. The number of rotatable bonds is 7. The molecule has 1 aromatic heterocycles. The fourth-order valence-corrected chi connectivity index (χ4v) is 4.19. The van der Waals surface area contributed by atoms with Gasteiger partial charge in [-0.05, 0) is 43.5 Å².